The van der Waals surface area contributed by atoms with E-state index in [0.29, 0.717) is 0 Å². The van der Waals surface area contributed by atoms with Crippen LogP contribution < -0.4 is 5.64 Å². The van der Waals surface area contributed by atoms with Gasteiger partial charge in [0, 0.05) is 5.78 Å². The molecule has 0 bridgehead atoms. The summed E-state index contributed by atoms with van der Waals surface area (Å²) in [6, 6.07) is 0. The first-order chi connectivity index (χ1) is 3.48. The number of halogens is 4. The Labute approximate surface area is 68.6 Å². The monoisotopic (exact) mass is 209 g/mol. The summed E-state index contributed by atoms with van der Waals surface area (Å²) >= 11 is 21.6. The second kappa shape index (κ2) is 3.54. The molecular formula is CH4BCl4NSi. The lowest BCUT2D eigenvalue weighted by Crippen LogP contribution is -2.47. The molecule has 0 rings (SSSR count). The number of hydrogen-bond acceptors (Lipinski definition) is 1. The molecule has 0 heterocycles. The van der Waals surface area contributed by atoms with Crippen molar-refractivity contribution in [1.29, 1.82) is 0 Å². The molecule has 0 aliphatic heterocycles. The van der Waals surface area contributed by atoms with Crippen LogP contribution in [0.1, 0.15) is 0 Å². The van der Waals surface area contributed by atoms with Crippen molar-refractivity contribution >= 4 is 57.2 Å². The molecule has 0 unspecified atom stereocenters. The molecule has 0 aromatic rings. The quantitative estimate of drug-likeness (QED) is 0.417. The van der Waals surface area contributed by atoms with Crippen molar-refractivity contribution in [3.8, 4) is 0 Å². The van der Waals surface area contributed by atoms with Gasteiger partial charge < -0.3 is 5.64 Å². The Hall–Kier alpha value is 1.40. The Kier molecular flexibility index (Phi) is 4.16. The maximum absolute atomic E-state index is 5.44. The lowest BCUT2D eigenvalue weighted by Gasteiger charge is -2.08. The molecule has 0 saturated carbocycles. The fourth-order valence-electron chi connectivity index (χ4n) is 0.0875. The molecule has 0 amide bonds. The number of alkyl halides is 1. The minimum atomic E-state index is -2.70. The van der Waals surface area contributed by atoms with Crippen LogP contribution in [0.15, 0.2) is 0 Å². The molecule has 0 radical (unpaired) electrons. The van der Waals surface area contributed by atoms with Crippen LogP contribution in [0.4, 0.5) is 0 Å². The zero-order chi connectivity index (χ0) is 6.78. The lowest BCUT2D eigenvalue weighted by molar-refractivity contribution is 1.81. The molecule has 48 valence electrons. The van der Waals surface area contributed by atoms with Gasteiger partial charge in [0.1, 0.15) is 0 Å². The Morgan fingerprint density at radius 1 is 1.38 bits per heavy atom. The summed E-state index contributed by atoms with van der Waals surface area (Å²) in [6.07, 6.45) is -0.450. The van der Waals surface area contributed by atoms with Crippen LogP contribution in [0.2, 0.25) is 0 Å². The van der Waals surface area contributed by atoms with E-state index in [2.05, 4.69) is 0 Å². The predicted molar refractivity (Wildman–Crippen MR) is 44.0 cm³/mol. The molecule has 0 saturated heterocycles. The largest absolute Gasteiger partial charge is 0.368 e. The Balaban J connectivity index is 3.62. The van der Waals surface area contributed by atoms with Gasteiger partial charge in [0.25, 0.3) is 6.44 Å². The number of nitrogens with two attached hydrogens (primary N) is 1. The van der Waals surface area contributed by atoms with Gasteiger partial charge in [-0.25, -0.2) is 0 Å². The van der Waals surface area contributed by atoms with Crippen molar-refractivity contribution in [2.45, 2.75) is 0 Å². The summed E-state index contributed by atoms with van der Waals surface area (Å²) in [7, 11) is 0. The Morgan fingerprint density at radius 3 is 1.75 bits per heavy atom. The molecule has 0 aromatic heterocycles. The third-order valence-corrected chi connectivity index (χ3v) is 4.75. The van der Waals surface area contributed by atoms with E-state index in [1.807, 2.05) is 0 Å². The van der Waals surface area contributed by atoms with Crippen molar-refractivity contribution in [2.75, 3.05) is 5.78 Å². The Bertz CT molecular complexity index is 72.9. The van der Waals surface area contributed by atoms with Gasteiger partial charge in [-0.2, -0.15) is 0 Å². The summed E-state index contributed by atoms with van der Waals surface area (Å²) < 4.78 is 0. The summed E-state index contributed by atoms with van der Waals surface area (Å²) in [5, 5.41) is 0. The normalized spacial score (nSPS) is 11.6. The summed E-state index contributed by atoms with van der Waals surface area (Å²) in [6.45, 7) is 0. The van der Waals surface area contributed by atoms with E-state index in [-0.39, 0.29) is 5.78 Å². The van der Waals surface area contributed by atoms with Gasteiger partial charge in [0.05, 0.1) is 0 Å². The molecule has 0 aliphatic carbocycles. The molecule has 0 fully saturated rings. The minimum Gasteiger partial charge on any atom is -0.368 e. The van der Waals surface area contributed by atoms with Gasteiger partial charge in [0.15, 0.2) is 0 Å². The lowest BCUT2D eigenvalue weighted by atomic mass is 10.00. The molecule has 0 atom stereocenters. The summed E-state index contributed by atoms with van der Waals surface area (Å²) in [5.74, 6) is -2.49. The third-order valence-electron chi connectivity index (χ3n) is 0.587. The van der Waals surface area contributed by atoms with Crippen LogP contribution in [-0.2, 0) is 0 Å². The SMILES string of the molecule is NB(CCl)[Si](Cl)(Cl)Cl. The number of hydrogen-bond donors (Lipinski definition) is 1. The minimum absolute atomic E-state index is 0.211. The predicted octanol–water partition coefficient (Wildman–Crippen LogP) is 1.45. The summed E-state index contributed by atoms with van der Waals surface area (Å²) in [5.41, 5.74) is 5.28. The van der Waals surface area contributed by atoms with Crippen LogP contribution in [0.3, 0.4) is 0 Å². The smallest absolute Gasteiger partial charge is 0.324 e. The molecule has 1 nitrogen and oxygen atoms in total. The Morgan fingerprint density at radius 2 is 1.75 bits per heavy atom. The average Bonchev–Trinajstić information content (AvgIpc) is 1.62. The summed E-state index contributed by atoms with van der Waals surface area (Å²) in [4.78, 5) is 0. The fraction of sp³-hybridized carbons (Fsp3) is 1.00. The first-order valence-corrected chi connectivity index (χ1v) is 7.51. The average molecular weight is 211 g/mol. The van der Waals surface area contributed by atoms with Crippen LogP contribution >= 0.6 is 44.8 Å². The van der Waals surface area contributed by atoms with Gasteiger partial charge >= 0.3 is 5.87 Å². The molecule has 2 N–H and O–H groups in total. The van der Waals surface area contributed by atoms with Crippen molar-refractivity contribution in [3.05, 3.63) is 0 Å². The third kappa shape index (κ3) is 3.43. The maximum Gasteiger partial charge on any atom is 0.324 e. The van der Waals surface area contributed by atoms with E-state index in [4.69, 9.17) is 50.5 Å². The first kappa shape index (κ1) is 9.40. The molecule has 0 spiro atoms. The van der Waals surface area contributed by atoms with E-state index < -0.39 is 12.3 Å². The molecule has 7 heteroatoms. The highest BCUT2D eigenvalue weighted by atomic mass is 35.8. The highest BCUT2D eigenvalue weighted by Gasteiger charge is 2.36. The first-order valence-electron chi connectivity index (χ1n) is 1.86. The maximum atomic E-state index is 5.44. The molecule has 0 aromatic carbocycles. The highest BCUT2D eigenvalue weighted by molar-refractivity contribution is 7.85. The van der Waals surface area contributed by atoms with Gasteiger partial charge in [-0.3, -0.25) is 0 Å². The van der Waals surface area contributed by atoms with Gasteiger partial charge in [-0.05, 0) is 0 Å². The zero-order valence-corrected chi connectivity index (χ0v) is 7.90. The van der Waals surface area contributed by atoms with Crippen LogP contribution in [0.5, 0.6) is 0 Å². The highest BCUT2D eigenvalue weighted by Crippen LogP contribution is 2.20. The van der Waals surface area contributed by atoms with E-state index in [0.717, 1.165) is 0 Å². The standard InChI is InChI=1S/CH4BCl4NSi/c3-1-2(7)8(4,5)6/h1,7H2. The van der Waals surface area contributed by atoms with E-state index in [1.54, 1.807) is 0 Å². The number of rotatable bonds is 2. The van der Waals surface area contributed by atoms with Crippen LogP contribution in [-0.4, -0.2) is 18.1 Å². The van der Waals surface area contributed by atoms with Crippen molar-refractivity contribution in [1.82, 2.24) is 0 Å². The second-order valence-electron chi connectivity index (χ2n) is 1.30. The fourth-order valence-corrected chi connectivity index (χ4v) is 2.36. The molecule has 8 heavy (non-hydrogen) atoms. The van der Waals surface area contributed by atoms with Gasteiger partial charge in [-0.1, -0.05) is 0 Å². The molecule has 0 aliphatic rings. The van der Waals surface area contributed by atoms with Crippen molar-refractivity contribution < 1.29 is 0 Å². The van der Waals surface area contributed by atoms with E-state index in [9.17, 15) is 0 Å². The van der Waals surface area contributed by atoms with Gasteiger partial charge in [-0.15, -0.1) is 44.8 Å². The molecular weight excluding hydrogens is 207 g/mol. The second-order valence-corrected chi connectivity index (χ2v) is 10.5. The van der Waals surface area contributed by atoms with Crippen molar-refractivity contribution in [2.24, 2.45) is 5.64 Å². The topological polar surface area (TPSA) is 26.0 Å². The zero-order valence-electron chi connectivity index (χ0n) is 3.87. The van der Waals surface area contributed by atoms with E-state index >= 15 is 0 Å². The van der Waals surface area contributed by atoms with Crippen LogP contribution in [0.25, 0.3) is 0 Å². The van der Waals surface area contributed by atoms with E-state index in [1.165, 1.54) is 0 Å². The van der Waals surface area contributed by atoms with Gasteiger partial charge in [0.2, 0.25) is 0 Å². The van der Waals surface area contributed by atoms with Crippen molar-refractivity contribution in [3.63, 3.8) is 0 Å². The van der Waals surface area contributed by atoms with Crippen LogP contribution in [0, 0.1) is 0 Å².